The van der Waals surface area contributed by atoms with E-state index in [1.54, 1.807) is 42.9 Å². The number of nitrogens with zero attached hydrogens (tertiary/aromatic N) is 4. The van der Waals surface area contributed by atoms with Crippen LogP contribution in [0.15, 0.2) is 47.3 Å². The van der Waals surface area contributed by atoms with Crippen molar-refractivity contribution in [1.82, 2.24) is 25.1 Å². The van der Waals surface area contributed by atoms with Crippen LogP contribution in [0.25, 0.3) is 22.4 Å². The molecule has 5 rings (SSSR count). The Morgan fingerprint density at radius 3 is 2.89 bits per heavy atom. The van der Waals surface area contributed by atoms with Gasteiger partial charge in [-0.1, -0.05) is 0 Å². The minimum atomic E-state index is -1.23. The van der Waals surface area contributed by atoms with Gasteiger partial charge < -0.3 is 20.2 Å². The van der Waals surface area contributed by atoms with E-state index in [-0.39, 0.29) is 17.5 Å². The predicted octanol–water partition coefficient (Wildman–Crippen LogP) is 3.40. The lowest BCUT2D eigenvalue weighted by Gasteiger charge is -2.21. The lowest BCUT2D eigenvalue weighted by Crippen LogP contribution is -2.21. The fraction of sp³-hybridized carbons (Fsp3) is 0.346. The number of amides is 2. The van der Waals surface area contributed by atoms with Crippen LogP contribution in [0, 0.1) is 12.8 Å². The molecule has 1 saturated heterocycles. The number of aliphatic hydroxyl groups is 1. The first-order valence-electron chi connectivity index (χ1n) is 11.9. The maximum absolute atomic E-state index is 13.0. The van der Waals surface area contributed by atoms with Crippen molar-refractivity contribution >= 4 is 28.4 Å². The summed E-state index contributed by atoms with van der Waals surface area (Å²) >= 11 is 0. The van der Waals surface area contributed by atoms with Crippen molar-refractivity contribution in [3.8, 4) is 11.5 Å². The van der Waals surface area contributed by atoms with E-state index in [9.17, 15) is 14.7 Å². The molecule has 3 N–H and O–H groups in total. The van der Waals surface area contributed by atoms with Gasteiger partial charge in [0.2, 0.25) is 11.8 Å². The third-order valence-corrected chi connectivity index (χ3v) is 6.35. The summed E-state index contributed by atoms with van der Waals surface area (Å²) in [6.45, 7) is 6.49. The number of anilines is 1. The second kappa shape index (κ2) is 9.19. The summed E-state index contributed by atoms with van der Waals surface area (Å²) in [4.78, 5) is 33.4. The third kappa shape index (κ3) is 4.85. The number of aromatic nitrogens is 4. The fourth-order valence-corrected chi connectivity index (χ4v) is 4.43. The summed E-state index contributed by atoms with van der Waals surface area (Å²) in [5.41, 5.74) is 2.10. The lowest BCUT2D eigenvalue weighted by atomic mass is 9.95. The number of carbonyl (C=O) groups is 2. The van der Waals surface area contributed by atoms with Gasteiger partial charge in [-0.25, -0.2) is 4.98 Å². The summed E-state index contributed by atoms with van der Waals surface area (Å²) in [5.74, 6) is -0.0417. The van der Waals surface area contributed by atoms with E-state index in [1.165, 1.54) is 6.26 Å². The van der Waals surface area contributed by atoms with Crippen LogP contribution >= 0.6 is 0 Å². The minimum Gasteiger partial charge on any atom is -0.444 e. The molecule has 0 saturated carbocycles. The minimum absolute atomic E-state index is 0.00233. The fourth-order valence-electron chi connectivity index (χ4n) is 4.43. The van der Waals surface area contributed by atoms with Gasteiger partial charge in [0.15, 0.2) is 5.69 Å². The molecule has 1 atom stereocenters. The van der Waals surface area contributed by atoms with E-state index in [4.69, 9.17) is 4.42 Å². The average Bonchev–Trinajstić information content (AvgIpc) is 3.56. The molecular weight excluding hydrogens is 460 g/mol. The van der Waals surface area contributed by atoms with E-state index in [0.717, 1.165) is 29.6 Å². The summed E-state index contributed by atoms with van der Waals surface area (Å²) in [7, 11) is 0. The molecule has 2 amide bonds. The highest BCUT2D eigenvalue weighted by molar-refractivity contribution is 6.04. The molecule has 1 fully saturated rings. The molecule has 0 bridgehead atoms. The molecule has 1 aromatic carbocycles. The Morgan fingerprint density at radius 1 is 1.33 bits per heavy atom. The lowest BCUT2D eigenvalue weighted by molar-refractivity contribution is -0.122. The average molecular weight is 489 g/mol. The number of rotatable bonds is 7. The maximum atomic E-state index is 13.0. The van der Waals surface area contributed by atoms with E-state index in [2.05, 4.69) is 25.7 Å². The molecule has 10 heteroatoms. The van der Waals surface area contributed by atoms with E-state index < -0.39 is 11.5 Å². The molecule has 0 aliphatic carbocycles. The molecule has 4 heterocycles. The predicted molar refractivity (Wildman–Crippen MR) is 133 cm³/mol. The van der Waals surface area contributed by atoms with Crippen molar-refractivity contribution in [3.63, 3.8) is 0 Å². The van der Waals surface area contributed by atoms with Gasteiger partial charge in [0, 0.05) is 59.3 Å². The van der Waals surface area contributed by atoms with E-state index in [0.29, 0.717) is 35.6 Å². The number of nitrogens with one attached hydrogen (secondary N) is 2. The zero-order chi connectivity index (χ0) is 25.4. The van der Waals surface area contributed by atoms with Crippen LogP contribution in [0.2, 0.25) is 0 Å². The van der Waals surface area contributed by atoms with Crippen LogP contribution in [0.3, 0.4) is 0 Å². The number of aryl methyl sites for hydroxylation is 2. The number of hydrogen-bond acceptors (Lipinski definition) is 7. The largest absolute Gasteiger partial charge is 0.444 e. The van der Waals surface area contributed by atoms with Crippen LogP contribution in [0.1, 0.15) is 48.4 Å². The Balaban J connectivity index is 1.39. The zero-order valence-electron chi connectivity index (χ0n) is 20.4. The Kier molecular flexibility index (Phi) is 6.05. The molecular formula is C26H28N6O4. The SMILES string of the molecule is Cc1cc(-c2nc(C(=O)Nc3cc4cn(CCC5CCNC5=O)nc4cc3C(C)(C)O)co2)ccn1. The monoisotopic (exact) mass is 488 g/mol. The quantitative estimate of drug-likeness (QED) is 0.363. The molecule has 1 unspecified atom stereocenters. The number of fused-ring (bicyclic) bond motifs is 1. The Labute approximate surface area is 207 Å². The summed E-state index contributed by atoms with van der Waals surface area (Å²) in [6.07, 6.45) is 6.38. The number of hydrogen-bond donors (Lipinski definition) is 3. The van der Waals surface area contributed by atoms with Crippen LogP contribution in [-0.2, 0) is 16.9 Å². The van der Waals surface area contributed by atoms with Crippen molar-refractivity contribution in [3.05, 3.63) is 59.9 Å². The smallest absolute Gasteiger partial charge is 0.277 e. The van der Waals surface area contributed by atoms with Crippen LogP contribution in [-0.4, -0.2) is 43.2 Å². The maximum Gasteiger partial charge on any atom is 0.277 e. The molecule has 186 valence electrons. The van der Waals surface area contributed by atoms with Crippen molar-refractivity contribution in [2.75, 3.05) is 11.9 Å². The number of oxazole rings is 1. The highest BCUT2D eigenvalue weighted by atomic mass is 16.3. The third-order valence-electron chi connectivity index (χ3n) is 6.35. The normalized spacial score (nSPS) is 15.9. The summed E-state index contributed by atoms with van der Waals surface area (Å²) in [6, 6.07) is 7.15. The molecule has 4 aromatic rings. The number of carbonyl (C=O) groups excluding carboxylic acids is 2. The van der Waals surface area contributed by atoms with Crippen LogP contribution in [0.5, 0.6) is 0 Å². The first-order valence-corrected chi connectivity index (χ1v) is 11.9. The highest BCUT2D eigenvalue weighted by Gasteiger charge is 2.26. The van der Waals surface area contributed by atoms with Crippen molar-refractivity contribution in [2.45, 2.75) is 45.8 Å². The van der Waals surface area contributed by atoms with Crippen molar-refractivity contribution < 1.29 is 19.1 Å². The Hall–Kier alpha value is -4.05. The first-order chi connectivity index (χ1) is 17.2. The van der Waals surface area contributed by atoms with Gasteiger partial charge in [0.1, 0.15) is 6.26 Å². The first kappa shape index (κ1) is 23.7. The van der Waals surface area contributed by atoms with Gasteiger partial charge in [-0.15, -0.1) is 0 Å². The van der Waals surface area contributed by atoms with Gasteiger partial charge >= 0.3 is 0 Å². The van der Waals surface area contributed by atoms with Crippen molar-refractivity contribution in [1.29, 1.82) is 0 Å². The zero-order valence-corrected chi connectivity index (χ0v) is 20.4. The molecule has 36 heavy (non-hydrogen) atoms. The van der Waals surface area contributed by atoms with Gasteiger partial charge in [-0.3, -0.25) is 19.3 Å². The molecule has 3 aromatic heterocycles. The standard InChI is InChI=1S/C26H28N6O4/c1-15-10-17(5-7-27-15)25-30-22(14-36-25)24(34)29-21-11-18-13-32(9-6-16-4-8-28-23(16)33)31-20(18)12-19(21)26(2,3)35/h5,7,10-14,16,35H,4,6,8-9H2,1-3H3,(H,28,33)(H,29,34). The van der Waals surface area contributed by atoms with Gasteiger partial charge in [0.05, 0.1) is 11.1 Å². The second-order valence-corrected chi connectivity index (χ2v) is 9.65. The van der Waals surface area contributed by atoms with Crippen LogP contribution in [0.4, 0.5) is 5.69 Å². The summed E-state index contributed by atoms with van der Waals surface area (Å²) < 4.78 is 7.32. The topological polar surface area (TPSA) is 135 Å². The van der Waals surface area contributed by atoms with E-state index >= 15 is 0 Å². The Morgan fingerprint density at radius 2 is 2.17 bits per heavy atom. The van der Waals surface area contributed by atoms with Crippen LogP contribution < -0.4 is 10.6 Å². The van der Waals surface area contributed by atoms with Crippen molar-refractivity contribution in [2.24, 2.45) is 5.92 Å². The van der Waals surface area contributed by atoms with Gasteiger partial charge in [-0.05, 0) is 57.9 Å². The molecule has 10 nitrogen and oxygen atoms in total. The number of pyridine rings is 1. The Bertz CT molecular complexity index is 1450. The molecule has 1 aliphatic rings. The number of benzene rings is 1. The summed E-state index contributed by atoms with van der Waals surface area (Å²) in [5, 5.41) is 22.0. The molecule has 0 radical (unpaired) electrons. The second-order valence-electron chi connectivity index (χ2n) is 9.65. The molecule has 0 spiro atoms. The highest BCUT2D eigenvalue weighted by Crippen LogP contribution is 2.32. The van der Waals surface area contributed by atoms with Gasteiger partial charge in [0.25, 0.3) is 5.91 Å². The van der Waals surface area contributed by atoms with E-state index in [1.807, 2.05) is 19.2 Å². The molecule has 1 aliphatic heterocycles. The van der Waals surface area contributed by atoms with Gasteiger partial charge in [-0.2, -0.15) is 5.10 Å².